The van der Waals surface area contributed by atoms with E-state index < -0.39 is 10.0 Å². The van der Waals surface area contributed by atoms with Crippen molar-refractivity contribution >= 4 is 31.6 Å². The fraction of sp³-hybridized carbons (Fsp3) is 0.167. The van der Waals surface area contributed by atoms with E-state index in [1.807, 2.05) is 0 Å². The van der Waals surface area contributed by atoms with E-state index in [2.05, 4.69) is 25.8 Å². The third kappa shape index (κ3) is 3.96. The summed E-state index contributed by atoms with van der Waals surface area (Å²) in [5, 5.41) is 4.39. The number of sulfonamides is 1. The van der Waals surface area contributed by atoms with Crippen molar-refractivity contribution in [2.45, 2.75) is 25.3 Å². The predicted molar refractivity (Wildman–Crippen MR) is 102 cm³/mol. The Balaban J connectivity index is 1.89. The van der Waals surface area contributed by atoms with Gasteiger partial charge in [0.05, 0.1) is 28.5 Å². The van der Waals surface area contributed by atoms with E-state index in [-0.39, 0.29) is 10.7 Å². The van der Waals surface area contributed by atoms with Crippen LogP contribution in [0.15, 0.2) is 57.9 Å². The Labute approximate surface area is 160 Å². The molecule has 136 valence electrons. The normalized spacial score (nSPS) is 11.5. The number of nitrogens with one attached hydrogen (secondary N) is 1. The van der Waals surface area contributed by atoms with E-state index in [0.717, 1.165) is 10.0 Å². The maximum atomic E-state index is 13.4. The summed E-state index contributed by atoms with van der Waals surface area (Å²) in [5.41, 5.74) is 2.40. The van der Waals surface area contributed by atoms with E-state index in [9.17, 15) is 12.8 Å². The first-order chi connectivity index (χ1) is 12.3. The van der Waals surface area contributed by atoms with Gasteiger partial charge in [-0.2, -0.15) is 5.10 Å². The summed E-state index contributed by atoms with van der Waals surface area (Å²) in [6, 6.07) is 12.6. The Kier molecular flexibility index (Phi) is 5.15. The van der Waals surface area contributed by atoms with Crippen molar-refractivity contribution < 1.29 is 12.8 Å². The molecule has 0 aliphatic carbocycles. The molecule has 0 unspecified atom stereocenters. The van der Waals surface area contributed by atoms with Crippen molar-refractivity contribution in [3.8, 4) is 0 Å². The average molecular weight is 438 g/mol. The molecule has 0 saturated heterocycles. The van der Waals surface area contributed by atoms with Gasteiger partial charge in [-0.1, -0.05) is 28.1 Å². The minimum absolute atomic E-state index is 0.164. The molecule has 8 heteroatoms. The maximum absolute atomic E-state index is 13.4. The molecular formula is C18H17BrFN3O2S. The molecule has 0 radical (unpaired) electrons. The third-order valence-electron chi connectivity index (χ3n) is 3.96. The van der Waals surface area contributed by atoms with Crippen molar-refractivity contribution in [3.63, 3.8) is 0 Å². The predicted octanol–water partition coefficient (Wildman–Crippen LogP) is 4.25. The van der Waals surface area contributed by atoms with Gasteiger partial charge < -0.3 is 0 Å². The SMILES string of the molecule is Cc1nn(Cc2cccc(F)c2)c(C)c1NS(=O)(=O)c1ccc(Br)cc1. The van der Waals surface area contributed by atoms with Gasteiger partial charge in [-0.15, -0.1) is 0 Å². The minimum atomic E-state index is -3.73. The van der Waals surface area contributed by atoms with Gasteiger partial charge in [0.15, 0.2) is 0 Å². The Morgan fingerprint density at radius 3 is 2.50 bits per heavy atom. The van der Waals surface area contributed by atoms with Crippen molar-refractivity contribution in [3.05, 3.63) is 75.8 Å². The average Bonchev–Trinajstić information content (AvgIpc) is 2.82. The summed E-state index contributed by atoms with van der Waals surface area (Å²) in [5.74, 6) is -0.319. The van der Waals surface area contributed by atoms with Gasteiger partial charge in [-0.3, -0.25) is 9.40 Å². The van der Waals surface area contributed by atoms with E-state index in [0.29, 0.717) is 23.6 Å². The lowest BCUT2D eigenvalue weighted by atomic mass is 10.2. The molecule has 0 bridgehead atoms. The molecule has 0 aliphatic heterocycles. The molecule has 1 heterocycles. The molecule has 1 aromatic heterocycles. The Morgan fingerprint density at radius 1 is 1.15 bits per heavy atom. The third-order valence-corrected chi connectivity index (χ3v) is 5.86. The van der Waals surface area contributed by atoms with E-state index in [1.54, 1.807) is 42.8 Å². The monoisotopic (exact) mass is 437 g/mol. The minimum Gasteiger partial charge on any atom is -0.276 e. The van der Waals surface area contributed by atoms with Crippen molar-refractivity contribution in [1.29, 1.82) is 0 Å². The Bertz CT molecular complexity index is 1050. The second kappa shape index (κ2) is 7.20. The number of nitrogens with zero attached hydrogens (tertiary/aromatic N) is 2. The molecular weight excluding hydrogens is 421 g/mol. The summed E-state index contributed by atoms with van der Waals surface area (Å²) in [7, 11) is -3.73. The highest BCUT2D eigenvalue weighted by molar-refractivity contribution is 9.10. The van der Waals surface area contributed by atoms with Crippen LogP contribution < -0.4 is 4.72 Å². The van der Waals surface area contributed by atoms with Crippen LogP contribution in [0.25, 0.3) is 0 Å². The van der Waals surface area contributed by atoms with Gasteiger partial charge in [-0.05, 0) is 55.8 Å². The molecule has 0 fully saturated rings. The highest BCUT2D eigenvalue weighted by Crippen LogP contribution is 2.24. The van der Waals surface area contributed by atoms with Crippen LogP contribution in [0.3, 0.4) is 0 Å². The van der Waals surface area contributed by atoms with Gasteiger partial charge in [0.25, 0.3) is 10.0 Å². The van der Waals surface area contributed by atoms with Crippen LogP contribution in [0.1, 0.15) is 17.0 Å². The van der Waals surface area contributed by atoms with Crippen LogP contribution >= 0.6 is 15.9 Å². The number of rotatable bonds is 5. The molecule has 5 nitrogen and oxygen atoms in total. The molecule has 1 N–H and O–H groups in total. The van der Waals surface area contributed by atoms with Crippen molar-refractivity contribution in [2.75, 3.05) is 4.72 Å². The Morgan fingerprint density at radius 2 is 1.85 bits per heavy atom. The fourth-order valence-electron chi connectivity index (χ4n) is 2.61. The van der Waals surface area contributed by atoms with Crippen LogP contribution in [0.4, 0.5) is 10.1 Å². The van der Waals surface area contributed by atoms with Crippen LogP contribution in [0.2, 0.25) is 0 Å². The topological polar surface area (TPSA) is 64.0 Å². The van der Waals surface area contributed by atoms with Crippen LogP contribution in [0.5, 0.6) is 0 Å². The number of hydrogen-bond donors (Lipinski definition) is 1. The van der Waals surface area contributed by atoms with Crippen LogP contribution in [0, 0.1) is 19.7 Å². The molecule has 0 atom stereocenters. The van der Waals surface area contributed by atoms with Gasteiger partial charge in [0.2, 0.25) is 0 Å². The Hall–Kier alpha value is -2.19. The summed E-state index contributed by atoms with van der Waals surface area (Å²) in [6.07, 6.45) is 0. The quantitative estimate of drug-likeness (QED) is 0.648. The molecule has 0 spiro atoms. The molecule has 0 saturated carbocycles. The lowest BCUT2D eigenvalue weighted by Gasteiger charge is -2.09. The zero-order chi connectivity index (χ0) is 18.9. The first-order valence-corrected chi connectivity index (χ1v) is 10.1. The number of hydrogen-bond acceptors (Lipinski definition) is 3. The summed E-state index contributed by atoms with van der Waals surface area (Å²) < 4.78 is 43.7. The molecule has 2 aromatic carbocycles. The molecule has 0 amide bonds. The largest absolute Gasteiger partial charge is 0.276 e. The molecule has 0 aliphatic rings. The van der Waals surface area contributed by atoms with E-state index in [4.69, 9.17) is 0 Å². The zero-order valence-electron chi connectivity index (χ0n) is 14.2. The lowest BCUT2D eigenvalue weighted by Crippen LogP contribution is -2.14. The number of anilines is 1. The summed E-state index contributed by atoms with van der Waals surface area (Å²) in [6.45, 7) is 3.86. The number of benzene rings is 2. The van der Waals surface area contributed by atoms with Gasteiger partial charge in [0, 0.05) is 4.47 Å². The number of aryl methyl sites for hydroxylation is 1. The molecule has 26 heavy (non-hydrogen) atoms. The zero-order valence-corrected chi connectivity index (χ0v) is 16.6. The maximum Gasteiger partial charge on any atom is 0.262 e. The summed E-state index contributed by atoms with van der Waals surface area (Å²) >= 11 is 3.29. The van der Waals surface area contributed by atoms with E-state index >= 15 is 0 Å². The van der Waals surface area contributed by atoms with Crippen molar-refractivity contribution in [1.82, 2.24) is 9.78 Å². The van der Waals surface area contributed by atoms with Crippen molar-refractivity contribution in [2.24, 2.45) is 0 Å². The lowest BCUT2D eigenvalue weighted by molar-refractivity contribution is 0.601. The fourth-order valence-corrected chi connectivity index (χ4v) is 4.05. The first-order valence-electron chi connectivity index (χ1n) is 7.83. The summed E-state index contributed by atoms with van der Waals surface area (Å²) in [4.78, 5) is 0.164. The van der Waals surface area contributed by atoms with Crippen LogP contribution in [-0.4, -0.2) is 18.2 Å². The number of aromatic nitrogens is 2. The van der Waals surface area contributed by atoms with Gasteiger partial charge in [0.1, 0.15) is 5.82 Å². The smallest absolute Gasteiger partial charge is 0.262 e. The van der Waals surface area contributed by atoms with Gasteiger partial charge in [-0.25, -0.2) is 12.8 Å². The second-order valence-electron chi connectivity index (χ2n) is 5.89. The van der Waals surface area contributed by atoms with E-state index in [1.165, 1.54) is 24.3 Å². The molecule has 3 rings (SSSR count). The van der Waals surface area contributed by atoms with Gasteiger partial charge >= 0.3 is 0 Å². The highest BCUT2D eigenvalue weighted by atomic mass is 79.9. The number of halogens is 2. The first kappa shape index (κ1) is 18.6. The standard InChI is InChI=1S/C18H17BrFN3O2S/c1-12-18(22-26(24,25)17-8-6-15(19)7-9-17)13(2)23(21-12)11-14-4-3-5-16(20)10-14/h3-10,22H,11H2,1-2H3. The highest BCUT2D eigenvalue weighted by Gasteiger charge is 2.20. The molecule has 3 aromatic rings. The van der Waals surface area contributed by atoms with Crippen LogP contribution in [-0.2, 0) is 16.6 Å². The second-order valence-corrected chi connectivity index (χ2v) is 8.49.